The molecule has 0 saturated carbocycles. The van der Waals surface area contributed by atoms with E-state index in [0.717, 1.165) is 11.6 Å². The molecule has 0 aliphatic carbocycles. The van der Waals surface area contributed by atoms with E-state index < -0.39 is 0 Å². The molecular weight excluding hydrogens is 180 g/mol. The van der Waals surface area contributed by atoms with Gasteiger partial charge in [-0.25, -0.2) is 0 Å². The van der Waals surface area contributed by atoms with Crippen molar-refractivity contribution >= 4 is 16.9 Å². The van der Waals surface area contributed by atoms with E-state index in [4.69, 9.17) is 0 Å². The van der Waals surface area contributed by atoms with Crippen molar-refractivity contribution in [2.75, 3.05) is 5.75 Å². The number of nitrogens with one attached hydrogen (secondary N) is 1. The molecule has 0 bridgehead atoms. The number of nitrogens with zero attached hydrogens (tertiary/aromatic N) is 1. The van der Waals surface area contributed by atoms with Gasteiger partial charge >= 0.3 is 0 Å². The molecule has 1 N–H and O–H groups in total. The van der Waals surface area contributed by atoms with Gasteiger partial charge in [0.25, 0.3) is 0 Å². The van der Waals surface area contributed by atoms with Crippen LogP contribution >= 0.6 is 11.8 Å². The summed E-state index contributed by atoms with van der Waals surface area (Å²) in [6.07, 6.45) is 2.34. The quantitative estimate of drug-likeness (QED) is 0.741. The molecule has 0 amide bonds. The van der Waals surface area contributed by atoms with Crippen LogP contribution in [0.25, 0.3) is 0 Å². The largest absolute Gasteiger partial charge is 0.360 e. The van der Waals surface area contributed by atoms with Gasteiger partial charge in [-0.2, -0.15) is 0 Å². The fourth-order valence-electron chi connectivity index (χ4n) is 1.15. The van der Waals surface area contributed by atoms with Crippen LogP contribution in [0.3, 0.4) is 0 Å². The first kappa shape index (κ1) is 10.9. The third-order valence-corrected chi connectivity index (χ3v) is 3.23. The van der Waals surface area contributed by atoms with Crippen LogP contribution in [0, 0.1) is 0 Å². The molecule has 1 unspecified atom stereocenters. The Morgan fingerprint density at radius 1 is 1.62 bits per heavy atom. The van der Waals surface area contributed by atoms with Crippen LogP contribution in [-0.4, -0.2) is 22.5 Å². The monoisotopic (exact) mass is 200 g/mol. The summed E-state index contributed by atoms with van der Waals surface area (Å²) in [6, 6.07) is 0.448. The van der Waals surface area contributed by atoms with Crippen LogP contribution in [0.5, 0.6) is 0 Å². The van der Waals surface area contributed by atoms with Gasteiger partial charge in [0.05, 0.1) is 0 Å². The van der Waals surface area contributed by atoms with Crippen LogP contribution in [0.15, 0.2) is 4.99 Å². The Morgan fingerprint density at radius 3 is 2.85 bits per heavy atom. The molecule has 1 saturated heterocycles. The van der Waals surface area contributed by atoms with Gasteiger partial charge in [-0.15, -0.1) is 0 Å². The summed E-state index contributed by atoms with van der Waals surface area (Å²) in [5, 5.41) is 4.60. The van der Waals surface area contributed by atoms with E-state index in [2.05, 4.69) is 38.0 Å². The average Bonchev–Trinajstić information content (AvgIpc) is 2.02. The number of hydrogen-bond donors (Lipinski definition) is 1. The molecule has 1 atom stereocenters. The Hall–Kier alpha value is -0.180. The molecule has 1 heterocycles. The fourth-order valence-corrected chi connectivity index (χ4v) is 2.56. The van der Waals surface area contributed by atoms with Gasteiger partial charge in [0.15, 0.2) is 5.17 Å². The van der Waals surface area contributed by atoms with Gasteiger partial charge in [0, 0.05) is 17.3 Å². The van der Waals surface area contributed by atoms with Gasteiger partial charge in [0.2, 0.25) is 0 Å². The summed E-state index contributed by atoms with van der Waals surface area (Å²) in [5.74, 6) is 1.19. The molecule has 1 rings (SSSR count). The Kier molecular flexibility index (Phi) is 3.65. The third kappa shape index (κ3) is 3.59. The molecular formula is C10H20N2S. The lowest BCUT2D eigenvalue weighted by molar-refractivity contribution is 0.445. The summed E-state index contributed by atoms with van der Waals surface area (Å²) in [4.78, 5) is 4.62. The topological polar surface area (TPSA) is 24.4 Å². The van der Waals surface area contributed by atoms with Gasteiger partial charge in [-0.1, -0.05) is 18.7 Å². The van der Waals surface area contributed by atoms with E-state index in [9.17, 15) is 0 Å². The molecule has 3 heteroatoms. The minimum absolute atomic E-state index is 0.234. The predicted molar refractivity (Wildman–Crippen MR) is 61.5 cm³/mol. The molecule has 2 nitrogen and oxygen atoms in total. The van der Waals surface area contributed by atoms with Gasteiger partial charge in [-0.3, -0.25) is 4.99 Å². The maximum Gasteiger partial charge on any atom is 0.157 e. The molecule has 0 aromatic heterocycles. The standard InChI is InChI=1S/C10H20N2S/c1-5-8(2)11-9-12-10(3,4)6-7-13-9/h8H,5-7H2,1-4H3,(H,11,12). The normalized spacial score (nSPS) is 26.9. The van der Waals surface area contributed by atoms with E-state index in [0.29, 0.717) is 6.04 Å². The number of hydrogen-bond acceptors (Lipinski definition) is 2. The number of thioether (sulfide) groups is 1. The van der Waals surface area contributed by atoms with Crippen LogP contribution in [0.1, 0.15) is 40.5 Å². The van der Waals surface area contributed by atoms with Crippen molar-refractivity contribution in [1.82, 2.24) is 5.32 Å². The number of rotatable bonds is 2. The number of aliphatic imine (C=N–C) groups is 1. The molecule has 1 fully saturated rings. The lowest BCUT2D eigenvalue weighted by Crippen LogP contribution is -2.46. The highest BCUT2D eigenvalue weighted by Crippen LogP contribution is 2.22. The summed E-state index contributed by atoms with van der Waals surface area (Å²) in [7, 11) is 0. The zero-order chi connectivity index (χ0) is 9.90. The first-order valence-electron chi connectivity index (χ1n) is 5.02. The summed E-state index contributed by atoms with van der Waals surface area (Å²) >= 11 is 1.85. The van der Waals surface area contributed by atoms with Gasteiger partial charge in [0.1, 0.15) is 0 Å². The van der Waals surface area contributed by atoms with Crippen molar-refractivity contribution in [2.45, 2.75) is 52.1 Å². The molecule has 0 aromatic rings. The van der Waals surface area contributed by atoms with Crippen LogP contribution in [0.4, 0.5) is 0 Å². The van der Waals surface area contributed by atoms with E-state index in [-0.39, 0.29) is 5.54 Å². The highest BCUT2D eigenvalue weighted by Gasteiger charge is 2.24. The third-order valence-electron chi connectivity index (χ3n) is 2.34. The molecule has 1 aliphatic rings. The fraction of sp³-hybridized carbons (Fsp3) is 0.900. The summed E-state index contributed by atoms with van der Waals surface area (Å²) < 4.78 is 0. The highest BCUT2D eigenvalue weighted by molar-refractivity contribution is 8.13. The Labute approximate surface area is 85.6 Å². The second-order valence-corrected chi connectivity index (χ2v) is 5.38. The molecule has 0 radical (unpaired) electrons. The minimum atomic E-state index is 0.234. The predicted octanol–water partition coefficient (Wildman–Crippen LogP) is 2.65. The zero-order valence-corrected chi connectivity index (χ0v) is 9.87. The first-order valence-corrected chi connectivity index (χ1v) is 6.01. The van der Waals surface area contributed by atoms with Crippen LogP contribution < -0.4 is 5.32 Å². The maximum atomic E-state index is 4.62. The van der Waals surface area contributed by atoms with E-state index in [1.165, 1.54) is 12.2 Å². The van der Waals surface area contributed by atoms with Gasteiger partial charge < -0.3 is 5.32 Å². The molecule has 0 aromatic carbocycles. The zero-order valence-electron chi connectivity index (χ0n) is 9.05. The maximum absolute atomic E-state index is 4.62. The van der Waals surface area contributed by atoms with Crippen LogP contribution in [0.2, 0.25) is 0 Å². The van der Waals surface area contributed by atoms with Crippen molar-refractivity contribution in [1.29, 1.82) is 0 Å². The molecule has 76 valence electrons. The Bertz CT molecular complexity index is 199. The molecule has 0 spiro atoms. The van der Waals surface area contributed by atoms with Crippen molar-refractivity contribution < 1.29 is 0 Å². The minimum Gasteiger partial charge on any atom is -0.360 e. The Balaban J connectivity index is 2.56. The molecule has 1 aliphatic heterocycles. The van der Waals surface area contributed by atoms with E-state index in [1.807, 2.05) is 11.8 Å². The van der Waals surface area contributed by atoms with Crippen LogP contribution in [-0.2, 0) is 0 Å². The molecule has 13 heavy (non-hydrogen) atoms. The summed E-state index contributed by atoms with van der Waals surface area (Å²) in [6.45, 7) is 8.81. The second-order valence-electron chi connectivity index (χ2n) is 4.30. The summed E-state index contributed by atoms with van der Waals surface area (Å²) in [5.41, 5.74) is 0.234. The number of amidine groups is 1. The SMILES string of the molecule is CCC(C)N=C1NC(C)(C)CCS1. The highest BCUT2D eigenvalue weighted by atomic mass is 32.2. The van der Waals surface area contributed by atoms with E-state index in [1.54, 1.807) is 0 Å². The van der Waals surface area contributed by atoms with E-state index >= 15 is 0 Å². The van der Waals surface area contributed by atoms with Crippen molar-refractivity contribution in [3.63, 3.8) is 0 Å². The van der Waals surface area contributed by atoms with Crippen molar-refractivity contribution in [3.8, 4) is 0 Å². The van der Waals surface area contributed by atoms with Gasteiger partial charge in [-0.05, 0) is 33.6 Å². The first-order chi connectivity index (χ1) is 6.03. The lowest BCUT2D eigenvalue weighted by Gasteiger charge is -2.32. The van der Waals surface area contributed by atoms with Crippen molar-refractivity contribution in [3.05, 3.63) is 0 Å². The average molecular weight is 200 g/mol. The Morgan fingerprint density at radius 2 is 2.31 bits per heavy atom. The smallest absolute Gasteiger partial charge is 0.157 e. The lowest BCUT2D eigenvalue weighted by atomic mass is 10.0. The second kappa shape index (κ2) is 4.36. The van der Waals surface area contributed by atoms with Crippen molar-refractivity contribution in [2.24, 2.45) is 4.99 Å².